The van der Waals surface area contributed by atoms with Gasteiger partial charge in [0.05, 0.1) is 16.8 Å². The van der Waals surface area contributed by atoms with Crippen molar-refractivity contribution in [3.8, 4) is 11.3 Å². The van der Waals surface area contributed by atoms with Gasteiger partial charge in [-0.25, -0.2) is 4.98 Å². The van der Waals surface area contributed by atoms with Crippen molar-refractivity contribution < 1.29 is 4.79 Å². The number of rotatable bonds is 2. The molecule has 0 N–H and O–H groups in total. The lowest BCUT2D eigenvalue weighted by Gasteiger charge is -2.32. The number of fused-ring (bicyclic) bond motifs is 1. The highest BCUT2D eigenvalue weighted by Gasteiger charge is 2.23. The minimum absolute atomic E-state index is 0.0851. The van der Waals surface area contributed by atoms with E-state index in [0.29, 0.717) is 0 Å². The summed E-state index contributed by atoms with van der Waals surface area (Å²) >= 11 is 3.53. The number of pyridine rings is 1. The molecule has 4 nitrogen and oxygen atoms in total. The second kappa shape index (κ2) is 7.41. The van der Waals surface area contributed by atoms with Crippen LogP contribution in [0.4, 0.5) is 0 Å². The molecule has 0 aliphatic carbocycles. The predicted octanol–water partition coefficient (Wildman–Crippen LogP) is 4.36. The van der Waals surface area contributed by atoms with Gasteiger partial charge in [-0.15, -0.1) is 0 Å². The number of nitrogens with zero attached hydrogens (tertiary/aromatic N) is 3. The SMILES string of the molecule is Cc1ccc(-c2cc(C(=O)N3CCN(C)CC3)c3cc(Br)ccc3n2)cc1. The Labute approximate surface area is 167 Å². The van der Waals surface area contributed by atoms with Gasteiger partial charge in [0.1, 0.15) is 0 Å². The summed E-state index contributed by atoms with van der Waals surface area (Å²) in [7, 11) is 2.09. The zero-order valence-electron chi connectivity index (χ0n) is 15.6. The zero-order valence-corrected chi connectivity index (χ0v) is 17.2. The minimum atomic E-state index is 0.0851. The second-order valence-corrected chi connectivity index (χ2v) is 8.09. The van der Waals surface area contributed by atoms with Crippen molar-refractivity contribution in [2.75, 3.05) is 33.2 Å². The van der Waals surface area contributed by atoms with Gasteiger partial charge in [0, 0.05) is 41.6 Å². The van der Waals surface area contributed by atoms with Gasteiger partial charge >= 0.3 is 0 Å². The van der Waals surface area contributed by atoms with Crippen molar-refractivity contribution in [1.29, 1.82) is 0 Å². The smallest absolute Gasteiger partial charge is 0.254 e. The molecule has 3 aromatic rings. The standard InChI is InChI=1S/C22H22BrN3O/c1-15-3-5-16(6-4-15)21-14-19(18-13-17(23)7-8-20(18)24-21)22(27)26-11-9-25(2)10-12-26/h3-8,13-14H,9-12H2,1-2H3. The summed E-state index contributed by atoms with van der Waals surface area (Å²) in [6.45, 7) is 5.39. The number of aromatic nitrogens is 1. The summed E-state index contributed by atoms with van der Waals surface area (Å²) in [5.74, 6) is 0.0851. The Balaban J connectivity index is 1.82. The van der Waals surface area contributed by atoms with E-state index in [4.69, 9.17) is 4.98 Å². The average Bonchev–Trinajstić information content (AvgIpc) is 2.68. The van der Waals surface area contributed by atoms with E-state index >= 15 is 0 Å². The number of piperazine rings is 1. The largest absolute Gasteiger partial charge is 0.336 e. The Bertz CT molecular complexity index is 992. The van der Waals surface area contributed by atoms with Crippen molar-refractivity contribution in [2.45, 2.75) is 6.92 Å². The number of carbonyl (C=O) groups excluding carboxylic acids is 1. The molecular weight excluding hydrogens is 402 g/mol. The first kappa shape index (κ1) is 18.1. The first-order chi connectivity index (χ1) is 13.0. The van der Waals surface area contributed by atoms with Gasteiger partial charge < -0.3 is 9.80 Å². The van der Waals surface area contributed by atoms with Gasteiger partial charge in [0.25, 0.3) is 5.91 Å². The fourth-order valence-corrected chi connectivity index (χ4v) is 3.79. The van der Waals surface area contributed by atoms with E-state index in [-0.39, 0.29) is 5.91 Å². The average molecular weight is 424 g/mol. The van der Waals surface area contributed by atoms with Crippen LogP contribution in [0.15, 0.2) is 53.0 Å². The van der Waals surface area contributed by atoms with Crippen molar-refractivity contribution >= 4 is 32.7 Å². The van der Waals surface area contributed by atoms with Crippen molar-refractivity contribution in [3.05, 3.63) is 64.1 Å². The number of likely N-dealkylation sites (N-methyl/N-ethyl adjacent to an activating group) is 1. The molecule has 0 unspecified atom stereocenters. The maximum absolute atomic E-state index is 13.3. The van der Waals surface area contributed by atoms with Crippen LogP contribution < -0.4 is 0 Å². The highest BCUT2D eigenvalue weighted by atomic mass is 79.9. The minimum Gasteiger partial charge on any atom is -0.336 e. The lowest BCUT2D eigenvalue weighted by atomic mass is 10.0. The molecule has 0 saturated carbocycles. The normalized spacial score (nSPS) is 15.3. The Kier molecular flexibility index (Phi) is 4.98. The molecule has 1 aliphatic rings. The third kappa shape index (κ3) is 3.75. The molecule has 1 saturated heterocycles. The molecule has 2 heterocycles. The predicted molar refractivity (Wildman–Crippen MR) is 113 cm³/mol. The molecule has 0 radical (unpaired) electrons. The third-order valence-electron chi connectivity index (χ3n) is 5.14. The molecular formula is C22H22BrN3O. The fraction of sp³-hybridized carbons (Fsp3) is 0.273. The molecule has 1 aliphatic heterocycles. The highest BCUT2D eigenvalue weighted by molar-refractivity contribution is 9.10. The van der Waals surface area contributed by atoms with Crippen LogP contribution in [0.25, 0.3) is 22.2 Å². The first-order valence-corrected chi connectivity index (χ1v) is 9.96. The molecule has 0 spiro atoms. The topological polar surface area (TPSA) is 36.4 Å². The third-order valence-corrected chi connectivity index (χ3v) is 5.63. The highest BCUT2D eigenvalue weighted by Crippen LogP contribution is 2.28. The van der Waals surface area contributed by atoms with Crippen LogP contribution in [0.3, 0.4) is 0 Å². The van der Waals surface area contributed by atoms with Crippen LogP contribution >= 0.6 is 15.9 Å². The molecule has 4 rings (SSSR count). The maximum atomic E-state index is 13.3. The van der Waals surface area contributed by atoms with E-state index in [0.717, 1.165) is 58.4 Å². The van der Waals surface area contributed by atoms with E-state index in [9.17, 15) is 4.79 Å². The van der Waals surface area contributed by atoms with Crippen LogP contribution in [0, 0.1) is 6.92 Å². The number of amides is 1. The molecule has 5 heteroatoms. The molecule has 27 heavy (non-hydrogen) atoms. The number of hydrogen-bond donors (Lipinski definition) is 0. The Morgan fingerprint density at radius 3 is 2.41 bits per heavy atom. The van der Waals surface area contributed by atoms with Crippen molar-refractivity contribution in [2.24, 2.45) is 0 Å². The molecule has 1 fully saturated rings. The van der Waals surface area contributed by atoms with Crippen LogP contribution in [-0.2, 0) is 0 Å². The molecule has 1 amide bonds. The number of halogens is 1. The summed E-state index contributed by atoms with van der Waals surface area (Å²) < 4.78 is 0.951. The first-order valence-electron chi connectivity index (χ1n) is 9.16. The lowest BCUT2D eigenvalue weighted by molar-refractivity contribution is 0.0666. The van der Waals surface area contributed by atoms with E-state index in [2.05, 4.69) is 59.1 Å². The Morgan fingerprint density at radius 1 is 1.00 bits per heavy atom. The van der Waals surface area contributed by atoms with Gasteiger partial charge in [-0.05, 0) is 38.2 Å². The lowest BCUT2D eigenvalue weighted by Crippen LogP contribution is -2.47. The molecule has 1 aromatic heterocycles. The number of carbonyl (C=O) groups is 1. The number of hydrogen-bond acceptors (Lipinski definition) is 3. The molecule has 0 bridgehead atoms. The Morgan fingerprint density at radius 2 is 1.70 bits per heavy atom. The van der Waals surface area contributed by atoms with Gasteiger partial charge in [-0.2, -0.15) is 0 Å². The van der Waals surface area contributed by atoms with Gasteiger partial charge in [0.15, 0.2) is 0 Å². The summed E-state index contributed by atoms with van der Waals surface area (Å²) in [5.41, 5.74) is 4.63. The van der Waals surface area contributed by atoms with E-state index < -0.39 is 0 Å². The van der Waals surface area contributed by atoms with Crippen LogP contribution in [-0.4, -0.2) is 53.9 Å². The van der Waals surface area contributed by atoms with Crippen molar-refractivity contribution in [3.63, 3.8) is 0 Å². The molecule has 2 aromatic carbocycles. The zero-order chi connectivity index (χ0) is 19.0. The van der Waals surface area contributed by atoms with Crippen LogP contribution in [0.5, 0.6) is 0 Å². The second-order valence-electron chi connectivity index (χ2n) is 7.18. The quantitative estimate of drug-likeness (QED) is 0.614. The molecule has 138 valence electrons. The summed E-state index contributed by atoms with van der Waals surface area (Å²) in [5, 5.41) is 0.893. The maximum Gasteiger partial charge on any atom is 0.254 e. The van der Waals surface area contributed by atoms with Gasteiger partial charge in [-0.3, -0.25) is 4.79 Å². The van der Waals surface area contributed by atoms with E-state index in [1.54, 1.807) is 0 Å². The van der Waals surface area contributed by atoms with E-state index in [1.807, 2.05) is 29.2 Å². The summed E-state index contributed by atoms with van der Waals surface area (Å²) in [6.07, 6.45) is 0. The number of benzene rings is 2. The van der Waals surface area contributed by atoms with Gasteiger partial charge in [-0.1, -0.05) is 45.8 Å². The summed E-state index contributed by atoms with van der Waals surface area (Å²) in [4.78, 5) is 22.4. The van der Waals surface area contributed by atoms with Crippen LogP contribution in [0.1, 0.15) is 15.9 Å². The monoisotopic (exact) mass is 423 g/mol. The summed E-state index contributed by atoms with van der Waals surface area (Å²) in [6, 6.07) is 16.1. The van der Waals surface area contributed by atoms with E-state index in [1.165, 1.54) is 5.56 Å². The Hall–Kier alpha value is -2.24. The molecule has 0 atom stereocenters. The fourth-order valence-electron chi connectivity index (χ4n) is 3.43. The van der Waals surface area contributed by atoms with Crippen molar-refractivity contribution in [1.82, 2.24) is 14.8 Å². The van der Waals surface area contributed by atoms with Gasteiger partial charge in [0.2, 0.25) is 0 Å². The number of aryl methyl sites for hydroxylation is 1. The van der Waals surface area contributed by atoms with Crippen LogP contribution in [0.2, 0.25) is 0 Å².